The zero-order valence-corrected chi connectivity index (χ0v) is 20.5. The summed E-state index contributed by atoms with van der Waals surface area (Å²) in [5, 5.41) is 0. The molecular weight excluding hydrogens is 438 g/mol. The first-order valence-corrected chi connectivity index (χ1v) is 12.8. The van der Waals surface area contributed by atoms with E-state index in [9.17, 15) is 9.59 Å². The second-order valence-electron chi connectivity index (χ2n) is 9.98. The molecule has 5 heteroatoms. The summed E-state index contributed by atoms with van der Waals surface area (Å²) in [6.07, 6.45) is 6.24. The standard InChI is InChI=1S/C30H33NO4/c1-19-27(30(33)35-23-13-7-4-8-14-23)28(21-12-9-15-24(16-21)34-2)29-25(31-19)17-22(18-26(29)32)20-10-5-3-6-11-20/h3,5-6,9-12,15-16,22-23,27-28H,4,7-8,13-14,17-18H2,1-2H3/t22-,27?,28-/m0/s1. The summed E-state index contributed by atoms with van der Waals surface area (Å²) in [7, 11) is 1.63. The molecular formula is C30H33NO4. The number of ether oxygens (including phenoxy) is 2. The molecule has 3 aliphatic rings. The summed E-state index contributed by atoms with van der Waals surface area (Å²) < 4.78 is 11.5. The summed E-state index contributed by atoms with van der Waals surface area (Å²) >= 11 is 0. The van der Waals surface area contributed by atoms with Crippen molar-refractivity contribution in [3.05, 3.63) is 77.0 Å². The highest BCUT2D eigenvalue weighted by Crippen LogP contribution is 2.47. The maximum atomic E-state index is 13.7. The van der Waals surface area contributed by atoms with Crippen LogP contribution in [0.25, 0.3) is 0 Å². The molecule has 35 heavy (non-hydrogen) atoms. The van der Waals surface area contributed by atoms with E-state index in [0.717, 1.165) is 48.2 Å². The fourth-order valence-electron chi connectivity index (χ4n) is 5.94. The molecule has 0 amide bonds. The molecule has 1 fully saturated rings. The Hall–Kier alpha value is -3.21. The number of benzene rings is 2. The van der Waals surface area contributed by atoms with Gasteiger partial charge in [-0.1, -0.05) is 48.9 Å². The molecule has 2 aromatic rings. The number of ketones is 1. The molecule has 1 heterocycles. The average Bonchev–Trinajstić information content (AvgIpc) is 2.88. The number of rotatable bonds is 5. The van der Waals surface area contributed by atoms with Crippen molar-refractivity contribution in [2.45, 2.75) is 69.8 Å². The van der Waals surface area contributed by atoms with Crippen molar-refractivity contribution in [2.24, 2.45) is 10.9 Å². The van der Waals surface area contributed by atoms with Crippen molar-refractivity contribution in [3.63, 3.8) is 0 Å². The lowest BCUT2D eigenvalue weighted by molar-refractivity contribution is -0.153. The molecule has 0 spiro atoms. The van der Waals surface area contributed by atoms with Crippen LogP contribution in [0.3, 0.4) is 0 Å². The molecule has 2 aliphatic carbocycles. The lowest BCUT2D eigenvalue weighted by atomic mass is 9.69. The van der Waals surface area contributed by atoms with Crippen molar-refractivity contribution < 1.29 is 19.1 Å². The SMILES string of the molecule is COc1cccc([C@@H]2C3=C(C[C@H](c4ccccc4)CC3=O)N=C(C)C2C(=O)OC2CCCCC2)c1. The monoisotopic (exact) mass is 471 g/mol. The first-order chi connectivity index (χ1) is 17.0. The molecule has 1 saturated carbocycles. The van der Waals surface area contributed by atoms with Gasteiger partial charge in [0.05, 0.1) is 7.11 Å². The van der Waals surface area contributed by atoms with Gasteiger partial charge in [0, 0.05) is 29.3 Å². The highest BCUT2D eigenvalue weighted by Gasteiger charge is 2.45. The van der Waals surface area contributed by atoms with Gasteiger partial charge in [0.25, 0.3) is 0 Å². The first-order valence-electron chi connectivity index (χ1n) is 12.8. The molecule has 0 N–H and O–H groups in total. The number of hydrogen-bond donors (Lipinski definition) is 0. The Morgan fingerprint density at radius 2 is 1.69 bits per heavy atom. The maximum Gasteiger partial charge on any atom is 0.315 e. The lowest BCUT2D eigenvalue weighted by Crippen LogP contribution is -2.39. The number of carbonyl (C=O) groups excluding carboxylic acids is 2. The molecule has 0 radical (unpaired) electrons. The van der Waals surface area contributed by atoms with E-state index in [1.165, 1.54) is 6.42 Å². The summed E-state index contributed by atoms with van der Waals surface area (Å²) in [5.41, 5.74) is 4.24. The number of aliphatic imine (C=N–C) groups is 1. The number of hydrogen-bond acceptors (Lipinski definition) is 5. The van der Waals surface area contributed by atoms with Crippen LogP contribution in [0.2, 0.25) is 0 Å². The summed E-state index contributed by atoms with van der Waals surface area (Å²) in [5.74, 6) is -0.432. The number of carbonyl (C=O) groups is 2. The van der Waals surface area contributed by atoms with Gasteiger partial charge >= 0.3 is 5.97 Å². The Balaban J connectivity index is 1.54. The van der Waals surface area contributed by atoms with Gasteiger partial charge in [-0.25, -0.2) is 0 Å². The van der Waals surface area contributed by atoms with Crippen LogP contribution in [0.15, 0.2) is 70.9 Å². The van der Waals surface area contributed by atoms with Crippen molar-refractivity contribution in [2.75, 3.05) is 7.11 Å². The number of Topliss-reactive ketones (excluding diaryl/α,β-unsaturated/α-hetero) is 1. The Bertz CT molecular complexity index is 1160. The lowest BCUT2D eigenvalue weighted by Gasteiger charge is -2.37. The zero-order valence-electron chi connectivity index (χ0n) is 20.5. The van der Waals surface area contributed by atoms with E-state index in [1.54, 1.807) is 7.11 Å². The molecule has 3 atom stereocenters. The van der Waals surface area contributed by atoms with E-state index in [-0.39, 0.29) is 23.8 Å². The van der Waals surface area contributed by atoms with Gasteiger partial charge in [0.15, 0.2) is 5.78 Å². The van der Waals surface area contributed by atoms with Crippen molar-refractivity contribution in [1.29, 1.82) is 0 Å². The Kier molecular flexibility index (Phi) is 6.85. The zero-order chi connectivity index (χ0) is 24.4. The number of esters is 1. The van der Waals surface area contributed by atoms with E-state index in [0.29, 0.717) is 24.2 Å². The van der Waals surface area contributed by atoms with Crippen LogP contribution in [-0.4, -0.2) is 30.7 Å². The molecule has 0 aromatic heterocycles. The third kappa shape index (κ3) is 4.82. The topological polar surface area (TPSA) is 65.0 Å². The van der Waals surface area contributed by atoms with Gasteiger partial charge in [0.2, 0.25) is 0 Å². The normalized spacial score (nSPS) is 25.0. The predicted octanol–water partition coefficient (Wildman–Crippen LogP) is 6.15. The molecule has 2 aromatic carbocycles. The predicted molar refractivity (Wildman–Crippen MR) is 136 cm³/mol. The molecule has 182 valence electrons. The van der Waals surface area contributed by atoms with Gasteiger partial charge < -0.3 is 9.47 Å². The second-order valence-corrected chi connectivity index (χ2v) is 9.98. The van der Waals surface area contributed by atoms with Crippen LogP contribution in [0.4, 0.5) is 0 Å². The Labute approximate surface area is 207 Å². The Morgan fingerprint density at radius 3 is 2.43 bits per heavy atom. The van der Waals surface area contributed by atoms with Crippen LogP contribution in [0.1, 0.15) is 74.8 Å². The van der Waals surface area contributed by atoms with Crippen LogP contribution in [0.5, 0.6) is 5.75 Å². The average molecular weight is 472 g/mol. The van der Waals surface area contributed by atoms with Gasteiger partial charge in [-0.05, 0) is 68.2 Å². The van der Waals surface area contributed by atoms with Crippen LogP contribution in [0, 0.1) is 5.92 Å². The van der Waals surface area contributed by atoms with Gasteiger partial charge in [-0.15, -0.1) is 0 Å². The highest BCUT2D eigenvalue weighted by molar-refractivity contribution is 6.09. The fraction of sp³-hybridized carbons (Fsp3) is 0.433. The second kappa shape index (κ2) is 10.2. The van der Waals surface area contributed by atoms with Gasteiger partial charge in [-0.2, -0.15) is 0 Å². The minimum atomic E-state index is -0.611. The largest absolute Gasteiger partial charge is 0.497 e. The third-order valence-electron chi connectivity index (χ3n) is 7.70. The third-order valence-corrected chi connectivity index (χ3v) is 7.70. The minimum Gasteiger partial charge on any atom is -0.497 e. The molecule has 5 nitrogen and oxygen atoms in total. The van der Waals surface area contributed by atoms with E-state index in [1.807, 2.05) is 49.4 Å². The summed E-state index contributed by atoms with van der Waals surface area (Å²) in [6, 6.07) is 17.9. The van der Waals surface area contributed by atoms with Crippen LogP contribution < -0.4 is 4.74 Å². The number of allylic oxidation sites excluding steroid dienone is 2. The van der Waals surface area contributed by atoms with Crippen LogP contribution in [-0.2, 0) is 14.3 Å². The van der Waals surface area contributed by atoms with Crippen molar-refractivity contribution in [3.8, 4) is 5.75 Å². The maximum absolute atomic E-state index is 13.7. The Morgan fingerprint density at radius 1 is 0.943 bits per heavy atom. The quantitative estimate of drug-likeness (QED) is 0.491. The molecule has 0 bridgehead atoms. The molecule has 1 aliphatic heterocycles. The van der Waals surface area contributed by atoms with Crippen molar-refractivity contribution in [1.82, 2.24) is 0 Å². The van der Waals surface area contributed by atoms with Crippen molar-refractivity contribution >= 4 is 17.5 Å². The number of nitrogens with zero attached hydrogens (tertiary/aromatic N) is 1. The van der Waals surface area contributed by atoms with E-state index in [4.69, 9.17) is 14.5 Å². The van der Waals surface area contributed by atoms with Crippen LogP contribution >= 0.6 is 0 Å². The first kappa shape index (κ1) is 23.5. The van der Waals surface area contributed by atoms with E-state index in [2.05, 4.69) is 12.1 Å². The van der Waals surface area contributed by atoms with E-state index < -0.39 is 11.8 Å². The highest BCUT2D eigenvalue weighted by atomic mass is 16.5. The summed E-state index contributed by atoms with van der Waals surface area (Å²) in [6.45, 7) is 1.90. The summed E-state index contributed by atoms with van der Waals surface area (Å²) in [4.78, 5) is 32.2. The van der Waals surface area contributed by atoms with E-state index >= 15 is 0 Å². The van der Waals surface area contributed by atoms with Gasteiger partial charge in [0.1, 0.15) is 17.8 Å². The smallest absolute Gasteiger partial charge is 0.315 e. The minimum absolute atomic E-state index is 0.0464. The fourth-order valence-corrected chi connectivity index (χ4v) is 5.94. The number of methoxy groups -OCH3 is 1. The molecule has 1 unspecified atom stereocenters. The molecule has 0 saturated heterocycles. The molecule has 5 rings (SSSR count). The van der Waals surface area contributed by atoms with Gasteiger partial charge in [-0.3, -0.25) is 14.6 Å².